The Labute approximate surface area is 192 Å². The molecule has 1 atom stereocenters. The first-order valence-corrected chi connectivity index (χ1v) is 11.3. The van der Waals surface area contributed by atoms with E-state index in [1.807, 2.05) is 56.0 Å². The number of carbonyl (C=O) groups excluding carboxylic acids is 1. The topological polar surface area (TPSA) is 90.7 Å². The summed E-state index contributed by atoms with van der Waals surface area (Å²) in [5, 5.41) is 11.0. The molecule has 2 N–H and O–H groups in total. The monoisotopic (exact) mass is 487 g/mol. The minimum Gasteiger partial charge on any atom is -0.477 e. The largest absolute Gasteiger partial charge is 0.477 e. The lowest BCUT2D eigenvalue weighted by molar-refractivity contribution is 0.0632. The number of carbonyl (C=O) groups is 1. The van der Waals surface area contributed by atoms with Crippen molar-refractivity contribution in [1.29, 1.82) is 5.41 Å². The second-order valence-electron chi connectivity index (χ2n) is 6.99. The molecule has 1 aliphatic heterocycles. The van der Waals surface area contributed by atoms with E-state index in [0.29, 0.717) is 30.3 Å². The molecule has 0 unspecified atom stereocenters. The van der Waals surface area contributed by atoms with Crippen molar-refractivity contribution in [2.45, 2.75) is 33.6 Å². The molecule has 2 aromatic rings. The maximum Gasteiger partial charge on any atom is 0.256 e. The summed E-state index contributed by atoms with van der Waals surface area (Å²) in [5.41, 5.74) is 5.09. The van der Waals surface area contributed by atoms with Crippen LogP contribution in [-0.2, 0) is 0 Å². The van der Waals surface area contributed by atoms with Gasteiger partial charge >= 0.3 is 0 Å². The highest BCUT2D eigenvalue weighted by atomic mass is 79.9. The molecular weight excluding hydrogens is 458 g/mol. The van der Waals surface area contributed by atoms with E-state index >= 15 is 0 Å². The van der Waals surface area contributed by atoms with Crippen LogP contribution in [-0.4, -0.2) is 47.9 Å². The van der Waals surface area contributed by atoms with Crippen molar-refractivity contribution in [3.05, 3.63) is 52.1 Å². The highest BCUT2D eigenvalue weighted by Gasteiger charge is 2.26. The van der Waals surface area contributed by atoms with Gasteiger partial charge in [0.05, 0.1) is 24.1 Å². The number of pyridine rings is 1. The molecule has 7 nitrogen and oxygen atoms in total. The summed E-state index contributed by atoms with van der Waals surface area (Å²) in [6, 6.07) is 9.36. The number of aryl methyl sites for hydroxylation is 1. The number of hydrazone groups is 1. The summed E-state index contributed by atoms with van der Waals surface area (Å²) in [7, 11) is 0. The lowest BCUT2D eigenvalue weighted by Crippen LogP contribution is -2.41. The third-order valence-electron chi connectivity index (χ3n) is 4.71. The fourth-order valence-corrected chi connectivity index (χ4v) is 3.52. The normalized spacial score (nSPS) is 15.7. The predicted molar refractivity (Wildman–Crippen MR) is 129 cm³/mol. The highest BCUT2D eigenvalue weighted by molar-refractivity contribution is 9.10. The van der Waals surface area contributed by atoms with Crippen molar-refractivity contribution in [1.82, 2.24) is 9.88 Å². The number of likely N-dealkylation sites (tertiary alicyclic amines) is 1. The van der Waals surface area contributed by atoms with Crippen molar-refractivity contribution in [3.63, 3.8) is 0 Å². The molecule has 1 aromatic carbocycles. The van der Waals surface area contributed by atoms with E-state index in [0.717, 1.165) is 35.6 Å². The Hall–Kier alpha value is -2.74. The van der Waals surface area contributed by atoms with Crippen LogP contribution in [0.4, 0.5) is 5.69 Å². The Balaban J connectivity index is 0.00000166. The average molecular weight is 488 g/mol. The molecule has 1 aromatic heterocycles. The number of benzene rings is 1. The quantitative estimate of drug-likeness (QED) is 0.416. The number of ether oxygens (including phenoxy) is 1. The summed E-state index contributed by atoms with van der Waals surface area (Å²) in [5.74, 6) is 0.828. The minimum atomic E-state index is -0.0206. The lowest BCUT2D eigenvalue weighted by Gasteiger charge is -2.33. The summed E-state index contributed by atoms with van der Waals surface area (Å²) in [4.78, 5) is 19.3. The second-order valence-corrected chi connectivity index (χ2v) is 7.91. The fraction of sp³-hybridized carbons (Fsp3) is 0.391. The smallest absolute Gasteiger partial charge is 0.256 e. The first-order chi connectivity index (χ1) is 15.1. The van der Waals surface area contributed by atoms with Crippen LogP contribution in [0.2, 0.25) is 0 Å². The first kappa shape index (κ1) is 24.5. The van der Waals surface area contributed by atoms with Gasteiger partial charge in [-0.15, -0.1) is 0 Å². The number of piperidine rings is 1. The number of hydrogen-bond acceptors (Lipinski definition) is 6. The standard InChI is InChI=1S/C21H24BrN5O2.C2H6/c1-15-4-6-19(26-25-9-8-23)18(11-15)21(28)27-10-2-3-16(13-27)14-29-20-7-5-17(22)12-24-20;1-2/h4-9,11-12,16,23,26H,2-3,10,13-14H2,1H3;1-2H3/b23-8?,25-9-;/t16-;/m1./s1. The minimum absolute atomic E-state index is 0.0206. The maximum absolute atomic E-state index is 13.2. The van der Waals surface area contributed by atoms with Gasteiger partial charge in [-0.1, -0.05) is 25.5 Å². The summed E-state index contributed by atoms with van der Waals surface area (Å²) in [6.07, 6.45) is 6.08. The van der Waals surface area contributed by atoms with Gasteiger partial charge in [0.1, 0.15) is 0 Å². The molecule has 1 fully saturated rings. The third-order valence-corrected chi connectivity index (χ3v) is 5.18. The van der Waals surface area contributed by atoms with Crippen LogP contribution in [0.25, 0.3) is 0 Å². The molecule has 0 bridgehead atoms. The van der Waals surface area contributed by atoms with Gasteiger partial charge in [-0.3, -0.25) is 10.2 Å². The molecule has 1 aliphatic rings. The van der Waals surface area contributed by atoms with Crippen LogP contribution in [0.1, 0.15) is 42.6 Å². The van der Waals surface area contributed by atoms with Crippen LogP contribution in [0, 0.1) is 18.3 Å². The van der Waals surface area contributed by atoms with Crippen LogP contribution >= 0.6 is 15.9 Å². The first-order valence-electron chi connectivity index (χ1n) is 10.5. The maximum atomic E-state index is 13.2. The summed E-state index contributed by atoms with van der Waals surface area (Å²) in [6.45, 7) is 7.86. The van der Waals surface area contributed by atoms with Crippen molar-refractivity contribution >= 4 is 40.0 Å². The number of rotatable bonds is 7. The SMILES string of the molecule is CC.Cc1ccc(N/N=C\C=N)c(C(=O)N2CCC[C@@H](COc3ccc(Br)cn3)C2)c1. The van der Waals surface area contributed by atoms with Crippen molar-refractivity contribution in [3.8, 4) is 5.88 Å². The number of nitrogens with one attached hydrogen (secondary N) is 2. The predicted octanol–water partition coefficient (Wildman–Crippen LogP) is 5.16. The van der Waals surface area contributed by atoms with Gasteiger partial charge in [0.2, 0.25) is 5.88 Å². The number of anilines is 1. The van der Waals surface area contributed by atoms with E-state index in [-0.39, 0.29) is 11.8 Å². The van der Waals surface area contributed by atoms with E-state index < -0.39 is 0 Å². The Kier molecular flexibility index (Phi) is 10.2. The molecule has 3 rings (SSSR count). The Morgan fingerprint density at radius 1 is 1.39 bits per heavy atom. The van der Waals surface area contributed by atoms with Crippen LogP contribution in [0.5, 0.6) is 5.88 Å². The Morgan fingerprint density at radius 3 is 2.90 bits per heavy atom. The molecular formula is C23H30BrN5O2. The number of halogens is 1. The van der Waals surface area contributed by atoms with E-state index in [1.165, 1.54) is 6.21 Å². The molecule has 0 spiro atoms. The molecule has 0 aliphatic carbocycles. The number of aromatic nitrogens is 1. The molecule has 31 heavy (non-hydrogen) atoms. The fourth-order valence-electron chi connectivity index (χ4n) is 3.28. The molecule has 0 saturated carbocycles. The molecule has 1 amide bonds. The summed E-state index contributed by atoms with van der Waals surface area (Å²) < 4.78 is 6.73. The van der Waals surface area contributed by atoms with Gasteiger partial charge in [-0.05, 0) is 53.9 Å². The van der Waals surface area contributed by atoms with Gasteiger partial charge in [0, 0.05) is 42.0 Å². The van der Waals surface area contributed by atoms with Gasteiger partial charge in [-0.25, -0.2) is 4.98 Å². The second kappa shape index (κ2) is 12.8. The van der Waals surface area contributed by atoms with Gasteiger partial charge in [-0.2, -0.15) is 5.10 Å². The molecule has 8 heteroatoms. The zero-order valence-corrected chi connectivity index (χ0v) is 19.9. The van der Waals surface area contributed by atoms with Crippen LogP contribution in [0.15, 0.2) is 46.1 Å². The van der Waals surface area contributed by atoms with Gasteiger partial charge in [0.15, 0.2) is 0 Å². The van der Waals surface area contributed by atoms with E-state index in [2.05, 4.69) is 31.4 Å². The zero-order chi connectivity index (χ0) is 22.6. The zero-order valence-electron chi connectivity index (χ0n) is 18.3. The molecule has 0 radical (unpaired) electrons. The van der Waals surface area contributed by atoms with Gasteiger partial charge in [0.25, 0.3) is 5.91 Å². The van der Waals surface area contributed by atoms with Crippen molar-refractivity contribution in [2.24, 2.45) is 11.0 Å². The lowest BCUT2D eigenvalue weighted by atomic mass is 9.97. The average Bonchev–Trinajstić information content (AvgIpc) is 2.81. The number of nitrogens with zero attached hydrogens (tertiary/aromatic N) is 3. The molecule has 166 valence electrons. The summed E-state index contributed by atoms with van der Waals surface area (Å²) >= 11 is 3.36. The number of amides is 1. The van der Waals surface area contributed by atoms with Crippen molar-refractivity contribution < 1.29 is 9.53 Å². The molecule has 2 heterocycles. The van der Waals surface area contributed by atoms with E-state index in [9.17, 15) is 4.79 Å². The van der Waals surface area contributed by atoms with Crippen LogP contribution in [0.3, 0.4) is 0 Å². The Morgan fingerprint density at radius 2 is 2.19 bits per heavy atom. The third kappa shape index (κ3) is 7.47. The van der Waals surface area contributed by atoms with Gasteiger partial charge < -0.3 is 15.0 Å². The Bertz CT molecular complexity index is 886. The highest BCUT2D eigenvalue weighted by Crippen LogP contribution is 2.24. The van der Waals surface area contributed by atoms with Crippen LogP contribution < -0.4 is 10.2 Å². The van der Waals surface area contributed by atoms with E-state index in [1.54, 1.807) is 6.20 Å². The molecule has 1 saturated heterocycles. The van der Waals surface area contributed by atoms with Crippen molar-refractivity contribution in [2.75, 3.05) is 25.1 Å². The van der Waals surface area contributed by atoms with E-state index in [4.69, 9.17) is 10.1 Å². The number of hydrogen-bond donors (Lipinski definition) is 2.